The molecule has 50 valence electrons. The summed E-state index contributed by atoms with van der Waals surface area (Å²) in [5, 5.41) is 7.84. The maximum Gasteiger partial charge on any atom is 0.0814 e. The highest BCUT2D eigenvalue weighted by Gasteiger charge is 1.97. The molecule has 4 heteroatoms. The molecule has 0 aliphatic rings. The van der Waals surface area contributed by atoms with Crippen molar-refractivity contribution in [2.45, 2.75) is 0 Å². The van der Waals surface area contributed by atoms with Gasteiger partial charge in [-0.2, -0.15) is 5.10 Å². The summed E-state index contributed by atoms with van der Waals surface area (Å²) in [6.07, 6.45) is 5.37. The number of aromatic amines is 1. The molecular weight excluding hydrogens is 241 g/mol. The fourth-order valence-electron chi connectivity index (χ4n) is 0.832. The van der Waals surface area contributed by atoms with Crippen LogP contribution >= 0.6 is 22.6 Å². The lowest BCUT2D eigenvalue weighted by molar-refractivity contribution is 1.12. The lowest BCUT2D eigenvalue weighted by Gasteiger charge is -1.88. The van der Waals surface area contributed by atoms with Gasteiger partial charge in [-0.15, -0.1) is 0 Å². The number of nitrogens with zero attached hydrogens (tertiary/aromatic N) is 2. The van der Waals surface area contributed by atoms with Crippen LogP contribution in [0.5, 0.6) is 0 Å². The molecule has 2 aromatic rings. The molecule has 2 aromatic heterocycles. The SMILES string of the molecule is Ic1cncc2cn[nH]c12. The summed E-state index contributed by atoms with van der Waals surface area (Å²) in [6.45, 7) is 0. The number of rotatable bonds is 0. The zero-order chi connectivity index (χ0) is 6.97. The van der Waals surface area contributed by atoms with Crippen molar-refractivity contribution in [2.75, 3.05) is 0 Å². The second-order valence-corrected chi connectivity index (χ2v) is 3.12. The number of hydrogen-bond acceptors (Lipinski definition) is 2. The Morgan fingerprint density at radius 2 is 2.20 bits per heavy atom. The van der Waals surface area contributed by atoms with Crippen molar-refractivity contribution in [3.05, 3.63) is 22.2 Å². The van der Waals surface area contributed by atoms with E-state index in [1.807, 2.05) is 0 Å². The van der Waals surface area contributed by atoms with E-state index in [0.717, 1.165) is 14.5 Å². The summed E-state index contributed by atoms with van der Waals surface area (Å²) >= 11 is 2.22. The first-order chi connectivity index (χ1) is 4.88. The zero-order valence-electron chi connectivity index (χ0n) is 5.00. The fraction of sp³-hybridized carbons (Fsp3) is 0. The molecule has 0 fully saturated rings. The van der Waals surface area contributed by atoms with Crippen LogP contribution in [0.1, 0.15) is 0 Å². The van der Waals surface area contributed by atoms with Crippen molar-refractivity contribution < 1.29 is 0 Å². The Kier molecular flexibility index (Phi) is 1.33. The van der Waals surface area contributed by atoms with Crippen LogP contribution in [0.4, 0.5) is 0 Å². The minimum atomic E-state index is 1.06. The monoisotopic (exact) mass is 245 g/mol. The van der Waals surface area contributed by atoms with E-state index >= 15 is 0 Å². The third-order valence-corrected chi connectivity index (χ3v) is 2.13. The summed E-state index contributed by atoms with van der Waals surface area (Å²) in [5.74, 6) is 0. The maximum absolute atomic E-state index is 4.02. The Morgan fingerprint density at radius 3 is 3.00 bits per heavy atom. The second kappa shape index (κ2) is 2.19. The van der Waals surface area contributed by atoms with E-state index in [1.54, 1.807) is 18.6 Å². The molecule has 0 aromatic carbocycles. The quantitative estimate of drug-likeness (QED) is 0.715. The van der Waals surface area contributed by atoms with Crippen LogP contribution in [-0.2, 0) is 0 Å². The molecule has 2 rings (SSSR count). The minimum absolute atomic E-state index is 1.06. The van der Waals surface area contributed by atoms with E-state index in [2.05, 4.69) is 37.8 Å². The Balaban J connectivity index is 2.95. The summed E-state index contributed by atoms with van der Waals surface area (Å²) in [6, 6.07) is 0. The maximum atomic E-state index is 4.02. The van der Waals surface area contributed by atoms with Gasteiger partial charge in [-0.05, 0) is 22.6 Å². The number of nitrogens with one attached hydrogen (secondary N) is 1. The van der Waals surface area contributed by atoms with Gasteiger partial charge < -0.3 is 0 Å². The topological polar surface area (TPSA) is 41.6 Å². The van der Waals surface area contributed by atoms with Crippen LogP contribution in [0, 0.1) is 3.57 Å². The normalized spacial score (nSPS) is 10.5. The molecule has 10 heavy (non-hydrogen) atoms. The van der Waals surface area contributed by atoms with Gasteiger partial charge in [0, 0.05) is 17.8 Å². The number of aromatic nitrogens is 3. The van der Waals surface area contributed by atoms with Crippen molar-refractivity contribution in [3.8, 4) is 0 Å². The largest absolute Gasteiger partial charge is 0.277 e. The predicted octanol–water partition coefficient (Wildman–Crippen LogP) is 1.56. The van der Waals surface area contributed by atoms with E-state index < -0.39 is 0 Å². The Bertz CT molecular complexity index is 355. The molecule has 0 unspecified atom stereocenters. The van der Waals surface area contributed by atoms with Crippen LogP contribution in [0.15, 0.2) is 18.6 Å². The molecule has 0 aliphatic heterocycles. The van der Waals surface area contributed by atoms with Gasteiger partial charge in [-0.25, -0.2) is 0 Å². The first kappa shape index (κ1) is 6.09. The van der Waals surface area contributed by atoms with Crippen molar-refractivity contribution in [2.24, 2.45) is 0 Å². The molecule has 3 nitrogen and oxygen atoms in total. The number of pyridine rings is 1. The lowest BCUT2D eigenvalue weighted by Crippen LogP contribution is -1.77. The highest BCUT2D eigenvalue weighted by atomic mass is 127. The first-order valence-corrected chi connectivity index (χ1v) is 3.88. The van der Waals surface area contributed by atoms with Crippen LogP contribution < -0.4 is 0 Å². The number of halogens is 1. The van der Waals surface area contributed by atoms with Gasteiger partial charge in [0.05, 0.1) is 15.3 Å². The van der Waals surface area contributed by atoms with Gasteiger partial charge >= 0.3 is 0 Å². The molecule has 2 heterocycles. The fourth-order valence-corrected chi connectivity index (χ4v) is 1.43. The Labute approximate surface area is 71.0 Å². The molecule has 0 radical (unpaired) electrons. The molecule has 0 saturated carbocycles. The molecule has 0 spiro atoms. The number of fused-ring (bicyclic) bond motifs is 1. The van der Waals surface area contributed by atoms with Crippen LogP contribution in [0.3, 0.4) is 0 Å². The van der Waals surface area contributed by atoms with E-state index in [9.17, 15) is 0 Å². The standard InChI is InChI=1S/C6H4IN3/c7-5-3-8-1-4-2-9-10-6(4)5/h1-3H,(H,9,10). The molecule has 1 N–H and O–H groups in total. The molecule has 0 saturated heterocycles. The Hall–Kier alpha value is -0.650. The van der Waals surface area contributed by atoms with E-state index in [1.165, 1.54) is 0 Å². The molecule has 0 bridgehead atoms. The second-order valence-electron chi connectivity index (χ2n) is 1.96. The van der Waals surface area contributed by atoms with E-state index in [0.29, 0.717) is 0 Å². The highest BCUT2D eigenvalue weighted by molar-refractivity contribution is 14.1. The molecular formula is C6H4IN3. The molecule has 0 amide bonds. The van der Waals surface area contributed by atoms with Gasteiger partial charge in [0.1, 0.15) is 0 Å². The minimum Gasteiger partial charge on any atom is -0.277 e. The average Bonchev–Trinajstić information content (AvgIpc) is 2.36. The smallest absolute Gasteiger partial charge is 0.0814 e. The number of H-pyrrole nitrogens is 1. The summed E-state index contributed by atoms with van der Waals surface area (Å²) in [4.78, 5) is 4.02. The summed E-state index contributed by atoms with van der Waals surface area (Å²) in [7, 11) is 0. The summed E-state index contributed by atoms with van der Waals surface area (Å²) in [5.41, 5.74) is 1.07. The van der Waals surface area contributed by atoms with Crippen LogP contribution in [0.25, 0.3) is 10.9 Å². The van der Waals surface area contributed by atoms with Crippen molar-refractivity contribution in [3.63, 3.8) is 0 Å². The van der Waals surface area contributed by atoms with Crippen molar-refractivity contribution >= 4 is 33.5 Å². The average molecular weight is 245 g/mol. The predicted molar refractivity (Wildman–Crippen MR) is 46.6 cm³/mol. The third kappa shape index (κ3) is 0.792. The molecule has 0 atom stereocenters. The first-order valence-electron chi connectivity index (χ1n) is 2.80. The third-order valence-electron chi connectivity index (χ3n) is 1.31. The van der Waals surface area contributed by atoms with Gasteiger partial charge in [0.2, 0.25) is 0 Å². The van der Waals surface area contributed by atoms with Gasteiger partial charge in [0.15, 0.2) is 0 Å². The van der Waals surface area contributed by atoms with Gasteiger partial charge in [-0.3, -0.25) is 10.1 Å². The van der Waals surface area contributed by atoms with E-state index in [4.69, 9.17) is 0 Å². The highest BCUT2D eigenvalue weighted by Crippen LogP contribution is 2.14. The van der Waals surface area contributed by atoms with Crippen LogP contribution in [-0.4, -0.2) is 15.2 Å². The van der Waals surface area contributed by atoms with Gasteiger partial charge in [0.25, 0.3) is 0 Å². The zero-order valence-corrected chi connectivity index (χ0v) is 7.16. The lowest BCUT2D eigenvalue weighted by atomic mass is 10.3. The Morgan fingerprint density at radius 1 is 1.30 bits per heavy atom. The van der Waals surface area contributed by atoms with Crippen LogP contribution in [0.2, 0.25) is 0 Å². The van der Waals surface area contributed by atoms with E-state index in [-0.39, 0.29) is 0 Å². The van der Waals surface area contributed by atoms with Crippen molar-refractivity contribution in [1.29, 1.82) is 0 Å². The molecule has 0 aliphatic carbocycles. The van der Waals surface area contributed by atoms with Gasteiger partial charge in [-0.1, -0.05) is 0 Å². The summed E-state index contributed by atoms with van der Waals surface area (Å²) < 4.78 is 1.10. The van der Waals surface area contributed by atoms with Crippen molar-refractivity contribution in [1.82, 2.24) is 15.2 Å². The number of hydrogen-bond donors (Lipinski definition) is 1.